The Morgan fingerprint density at radius 1 is 1.19 bits per heavy atom. The summed E-state index contributed by atoms with van der Waals surface area (Å²) in [5, 5.41) is 2.79. The molecule has 1 N–H and O–H groups in total. The first-order valence-corrected chi connectivity index (χ1v) is 9.25. The third-order valence-electron chi connectivity index (χ3n) is 4.40. The summed E-state index contributed by atoms with van der Waals surface area (Å²) < 4.78 is 21.6. The molecule has 0 atom stereocenters. The molecule has 0 unspecified atom stereocenters. The summed E-state index contributed by atoms with van der Waals surface area (Å²) in [5.74, 6) is 0.931. The molecule has 0 spiro atoms. The Bertz CT molecular complexity index is 641. The molecule has 2 aliphatic rings. The highest BCUT2D eigenvalue weighted by molar-refractivity contribution is 6.04. The minimum absolute atomic E-state index is 0.176. The van der Waals surface area contributed by atoms with Crippen LogP contribution in [0.2, 0.25) is 0 Å². The van der Waals surface area contributed by atoms with Crippen LogP contribution in [0.15, 0.2) is 23.2 Å². The second kappa shape index (κ2) is 9.43. The highest BCUT2D eigenvalue weighted by Gasteiger charge is 2.19. The van der Waals surface area contributed by atoms with E-state index in [2.05, 4.69) is 10.3 Å². The van der Waals surface area contributed by atoms with Crippen molar-refractivity contribution in [3.63, 3.8) is 0 Å². The zero-order chi connectivity index (χ0) is 18.2. The lowest BCUT2D eigenvalue weighted by molar-refractivity contribution is 0.0920. The molecule has 1 saturated carbocycles. The maximum Gasteiger partial charge on any atom is 0.292 e. The molecule has 0 radical (unpaired) electrons. The number of carbonyl (C=O) groups is 1. The van der Waals surface area contributed by atoms with Gasteiger partial charge in [-0.15, -0.1) is 0 Å². The highest BCUT2D eigenvalue weighted by Crippen LogP contribution is 2.32. The van der Waals surface area contributed by atoms with Crippen molar-refractivity contribution in [1.82, 2.24) is 5.32 Å². The van der Waals surface area contributed by atoms with Gasteiger partial charge in [-0.3, -0.25) is 10.1 Å². The largest absolute Gasteiger partial charge is 0.463 e. The van der Waals surface area contributed by atoms with E-state index in [1.165, 1.54) is 6.42 Å². The van der Waals surface area contributed by atoms with Crippen LogP contribution in [-0.2, 0) is 9.47 Å². The van der Waals surface area contributed by atoms with E-state index >= 15 is 0 Å². The molecular weight excluding hydrogens is 336 g/mol. The van der Waals surface area contributed by atoms with Gasteiger partial charge in [-0.05, 0) is 38.0 Å². The number of benzene rings is 1. The first kappa shape index (κ1) is 18.5. The van der Waals surface area contributed by atoms with Gasteiger partial charge in [0.2, 0.25) is 6.79 Å². The fraction of sp³-hybridized carbons (Fsp3) is 0.579. The van der Waals surface area contributed by atoms with Crippen molar-refractivity contribution < 1.29 is 23.7 Å². The Morgan fingerprint density at radius 2 is 2.00 bits per heavy atom. The topological polar surface area (TPSA) is 78.4 Å². The summed E-state index contributed by atoms with van der Waals surface area (Å²) in [5.41, 5.74) is 0.471. The first-order chi connectivity index (χ1) is 12.8. The Kier molecular flexibility index (Phi) is 6.71. The molecule has 1 aromatic carbocycles. The SMILES string of the molecule is CCOCCOC(=NC1CCCCC1)NC(=O)c1ccc2c(c1)OCO2. The monoisotopic (exact) mass is 362 g/mol. The van der Waals surface area contributed by atoms with E-state index in [0.717, 1.165) is 25.7 Å². The lowest BCUT2D eigenvalue weighted by atomic mass is 9.96. The molecular formula is C19H26N2O5. The fourth-order valence-corrected chi connectivity index (χ4v) is 3.03. The average Bonchev–Trinajstić information content (AvgIpc) is 3.13. The number of fused-ring (bicyclic) bond motifs is 1. The number of amides is 1. The first-order valence-electron chi connectivity index (χ1n) is 9.25. The van der Waals surface area contributed by atoms with E-state index in [9.17, 15) is 4.79 Å². The van der Waals surface area contributed by atoms with Crippen LogP contribution in [0.25, 0.3) is 0 Å². The predicted octanol–water partition coefficient (Wildman–Crippen LogP) is 2.89. The molecule has 7 heteroatoms. The molecule has 1 aromatic rings. The van der Waals surface area contributed by atoms with Crippen molar-refractivity contribution in [2.24, 2.45) is 4.99 Å². The van der Waals surface area contributed by atoms with E-state index < -0.39 is 0 Å². The van der Waals surface area contributed by atoms with E-state index in [1.807, 2.05) is 6.92 Å². The highest BCUT2D eigenvalue weighted by atomic mass is 16.7. The Morgan fingerprint density at radius 3 is 2.81 bits per heavy atom. The number of amidine groups is 1. The average molecular weight is 362 g/mol. The molecule has 142 valence electrons. The predicted molar refractivity (Wildman–Crippen MR) is 96.8 cm³/mol. The molecule has 3 rings (SSSR count). The van der Waals surface area contributed by atoms with Crippen LogP contribution < -0.4 is 14.8 Å². The molecule has 1 aliphatic carbocycles. The molecule has 0 aromatic heterocycles. The van der Waals surface area contributed by atoms with E-state index in [-0.39, 0.29) is 24.8 Å². The maximum absolute atomic E-state index is 12.6. The maximum atomic E-state index is 12.6. The van der Waals surface area contributed by atoms with Crippen LogP contribution in [0.5, 0.6) is 11.5 Å². The van der Waals surface area contributed by atoms with E-state index in [4.69, 9.17) is 18.9 Å². The summed E-state index contributed by atoms with van der Waals surface area (Å²) in [4.78, 5) is 17.2. The third-order valence-corrected chi connectivity index (χ3v) is 4.40. The van der Waals surface area contributed by atoms with Gasteiger partial charge in [-0.1, -0.05) is 19.3 Å². The van der Waals surface area contributed by atoms with Crippen molar-refractivity contribution in [2.45, 2.75) is 45.1 Å². The van der Waals surface area contributed by atoms with Gasteiger partial charge in [0.25, 0.3) is 11.9 Å². The molecule has 1 amide bonds. The quantitative estimate of drug-likeness (QED) is 0.478. The van der Waals surface area contributed by atoms with Gasteiger partial charge in [0.1, 0.15) is 6.61 Å². The second-order valence-corrected chi connectivity index (χ2v) is 6.29. The van der Waals surface area contributed by atoms with Crippen LogP contribution >= 0.6 is 0 Å². The molecule has 7 nitrogen and oxygen atoms in total. The Balaban J connectivity index is 1.65. The lowest BCUT2D eigenvalue weighted by Gasteiger charge is -2.19. The molecule has 0 bridgehead atoms. The van der Waals surface area contributed by atoms with Crippen molar-refractivity contribution >= 4 is 11.9 Å². The van der Waals surface area contributed by atoms with Gasteiger partial charge >= 0.3 is 0 Å². The Hall–Kier alpha value is -2.28. The Labute approximate surface area is 153 Å². The van der Waals surface area contributed by atoms with Crippen molar-refractivity contribution in [2.75, 3.05) is 26.6 Å². The van der Waals surface area contributed by atoms with Gasteiger partial charge in [-0.25, -0.2) is 4.99 Å². The summed E-state index contributed by atoms with van der Waals surface area (Å²) >= 11 is 0. The van der Waals surface area contributed by atoms with Crippen LogP contribution in [0.1, 0.15) is 49.4 Å². The van der Waals surface area contributed by atoms with E-state index in [0.29, 0.717) is 36.9 Å². The number of nitrogens with one attached hydrogen (secondary N) is 1. The van der Waals surface area contributed by atoms with Crippen LogP contribution in [0, 0.1) is 0 Å². The second-order valence-electron chi connectivity index (χ2n) is 6.29. The summed E-state index contributed by atoms with van der Waals surface area (Å²) in [6, 6.07) is 5.55. The molecule has 1 fully saturated rings. The summed E-state index contributed by atoms with van der Waals surface area (Å²) in [6.45, 7) is 3.54. The lowest BCUT2D eigenvalue weighted by Crippen LogP contribution is -2.34. The smallest absolute Gasteiger partial charge is 0.292 e. The van der Waals surface area contributed by atoms with Crippen LogP contribution in [0.4, 0.5) is 0 Å². The zero-order valence-electron chi connectivity index (χ0n) is 15.2. The third kappa shape index (κ3) is 5.11. The normalized spacial score (nSPS) is 17.2. The fourth-order valence-electron chi connectivity index (χ4n) is 3.03. The van der Waals surface area contributed by atoms with Gasteiger partial charge in [-0.2, -0.15) is 0 Å². The van der Waals surface area contributed by atoms with Crippen molar-refractivity contribution in [3.05, 3.63) is 23.8 Å². The number of aliphatic imine (C=N–C) groups is 1. The van der Waals surface area contributed by atoms with Crippen molar-refractivity contribution in [1.29, 1.82) is 0 Å². The number of rotatable bonds is 6. The van der Waals surface area contributed by atoms with Crippen molar-refractivity contribution in [3.8, 4) is 11.5 Å². The molecule has 1 heterocycles. The number of carbonyl (C=O) groups excluding carboxylic acids is 1. The van der Waals surface area contributed by atoms with Gasteiger partial charge in [0.15, 0.2) is 11.5 Å². The standard InChI is InChI=1S/C19H26N2O5/c1-2-23-10-11-24-19(20-15-6-4-3-5-7-15)21-18(22)14-8-9-16-17(12-14)26-13-25-16/h8-9,12,15H,2-7,10-11,13H2,1H3,(H,20,21,22). The zero-order valence-corrected chi connectivity index (χ0v) is 15.2. The van der Waals surface area contributed by atoms with Gasteiger partial charge < -0.3 is 18.9 Å². The summed E-state index contributed by atoms with van der Waals surface area (Å²) in [6.07, 6.45) is 5.62. The van der Waals surface area contributed by atoms with Crippen LogP contribution in [-0.4, -0.2) is 44.6 Å². The van der Waals surface area contributed by atoms with E-state index in [1.54, 1.807) is 18.2 Å². The van der Waals surface area contributed by atoms with Crippen LogP contribution in [0.3, 0.4) is 0 Å². The minimum atomic E-state index is -0.283. The number of ether oxygens (including phenoxy) is 4. The minimum Gasteiger partial charge on any atom is -0.463 e. The summed E-state index contributed by atoms with van der Waals surface area (Å²) in [7, 11) is 0. The number of nitrogens with zero attached hydrogens (tertiary/aromatic N) is 1. The van der Waals surface area contributed by atoms with Gasteiger partial charge in [0.05, 0.1) is 12.6 Å². The molecule has 1 aliphatic heterocycles. The van der Waals surface area contributed by atoms with Gasteiger partial charge in [0, 0.05) is 12.2 Å². The molecule has 26 heavy (non-hydrogen) atoms. The number of hydrogen-bond donors (Lipinski definition) is 1. The molecule has 0 saturated heterocycles. The number of hydrogen-bond acceptors (Lipinski definition) is 6.